The molecule has 0 amide bonds. The lowest BCUT2D eigenvalue weighted by molar-refractivity contribution is 0.114. The molecule has 0 saturated carbocycles. The van der Waals surface area contributed by atoms with Crippen LogP contribution >= 0.6 is 0 Å². The third-order valence-corrected chi connectivity index (χ3v) is 5.70. The Balaban J connectivity index is 1.76. The van der Waals surface area contributed by atoms with Gasteiger partial charge in [-0.05, 0) is 60.7 Å². The van der Waals surface area contributed by atoms with E-state index in [4.69, 9.17) is 10.5 Å². The summed E-state index contributed by atoms with van der Waals surface area (Å²) in [5.74, 6) is 0. The minimum absolute atomic E-state index is 0.0195. The molecule has 1 aliphatic rings. The van der Waals surface area contributed by atoms with E-state index in [0.29, 0.717) is 18.8 Å². The fourth-order valence-electron chi connectivity index (χ4n) is 2.86. The first kappa shape index (κ1) is 17.0. The van der Waals surface area contributed by atoms with Crippen molar-refractivity contribution in [3.63, 3.8) is 0 Å². The maximum atomic E-state index is 12.4. The van der Waals surface area contributed by atoms with Crippen LogP contribution in [0.5, 0.6) is 0 Å². The normalized spacial score (nSPS) is 18.0. The number of nitrogens with two attached hydrogens (primary N) is 1. The Hall–Kier alpha value is -1.89. The van der Waals surface area contributed by atoms with Gasteiger partial charge in [-0.3, -0.25) is 0 Å². The summed E-state index contributed by atoms with van der Waals surface area (Å²) < 4.78 is 32.8. The number of anilines is 1. The zero-order valence-corrected chi connectivity index (χ0v) is 14.5. The molecule has 128 valence electrons. The van der Waals surface area contributed by atoms with Gasteiger partial charge in [0.25, 0.3) is 0 Å². The van der Waals surface area contributed by atoms with Crippen molar-refractivity contribution in [1.82, 2.24) is 4.72 Å². The molecule has 2 aromatic carbocycles. The average molecular weight is 346 g/mol. The molecule has 1 atom stereocenters. The Morgan fingerprint density at radius 2 is 1.96 bits per heavy atom. The monoisotopic (exact) mass is 346 g/mol. The van der Waals surface area contributed by atoms with E-state index in [1.807, 2.05) is 37.3 Å². The van der Waals surface area contributed by atoms with Crippen LogP contribution in [0.4, 0.5) is 5.69 Å². The van der Waals surface area contributed by atoms with Crippen LogP contribution in [0.2, 0.25) is 0 Å². The Morgan fingerprint density at radius 1 is 1.21 bits per heavy atom. The van der Waals surface area contributed by atoms with Crippen molar-refractivity contribution in [2.24, 2.45) is 0 Å². The van der Waals surface area contributed by atoms with Crippen LogP contribution in [0, 0.1) is 6.92 Å². The standard InChI is InChI=1S/C18H22N2O3S/c1-13-4-7-15(19)11-18(13)14-5-8-17(9-6-14)24(21,22)20-12-16-3-2-10-23-16/h4-9,11,16,20H,2-3,10,12,19H2,1H3. The highest BCUT2D eigenvalue weighted by Crippen LogP contribution is 2.26. The molecule has 1 aliphatic heterocycles. The molecule has 1 fully saturated rings. The predicted octanol–water partition coefficient (Wildman–Crippen LogP) is 2.70. The van der Waals surface area contributed by atoms with Crippen LogP contribution in [0.3, 0.4) is 0 Å². The molecule has 5 nitrogen and oxygen atoms in total. The highest BCUT2D eigenvalue weighted by molar-refractivity contribution is 7.89. The van der Waals surface area contributed by atoms with Gasteiger partial charge < -0.3 is 10.5 Å². The molecule has 0 aromatic heterocycles. The average Bonchev–Trinajstić information content (AvgIpc) is 3.09. The van der Waals surface area contributed by atoms with Crippen LogP contribution in [0.25, 0.3) is 11.1 Å². The lowest BCUT2D eigenvalue weighted by atomic mass is 10.0. The molecule has 3 N–H and O–H groups in total. The van der Waals surface area contributed by atoms with E-state index in [0.717, 1.165) is 29.5 Å². The number of sulfonamides is 1. The highest BCUT2D eigenvalue weighted by atomic mass is 32.2. The van der Waals surface area contributed by atoms with Crippen molar-refractivity contribution in [3.8, 4) is 11.1 Å². The molecule has 0 aliphatic carbocycles. The fourth-order valence-corrected chi connectivity index (χ4v) is 3.92. The van der Waals surface area contributed by atoms with Crippen molar-refractivity contribution < 1.29 is 13.2 Å². The third-order valence-electron chi connectivity index (χ3n) is 4.26. The Morgan fingerprint density at radius 3 is 2.62 bits per heavy atom. The summed E-state index contributed by atoms with van der Waals surface area (Å²) in [7, 11) is -3.52. The molecule has 24 heavy (non-hydrogen) atoms. The number of nitrogen functional groups attached to an aromatic ring is 1. The van der Waals surface area contributed by atoms with E-state index in [2.05, 4.69) is 4.72 Å². The number of nitrogens with one attached hydrogen (secondary N) is 1. The van der Waals surface area contributed by atoms with Crippen LogP contribution in [-0.2, 0) is 14.8 Å². The van der Waals surface area contributed by atoms with E-state index < -0.39 is 10.0 Å². The van der Waals surface area contributed by atoms with Gasteiger partial charge in [-0.25, -0.2) is 13.1 Å². The lowest BCUT2D eigenvalue weighted by Gasteiger charge is -2.12. The van der Waals surface area contributed by atoms with Crippen molar-refractivity contribution >= 4 is 15.7 Å². The second-order valence-corrected chi connectivity index (χ2v) is 7.85. The number of hydrogen-bond donors (Lipinski definition) is 2. The Labute approximate surface area is 142 Å². The number of rotatable bonds is 5. The first-order valence-electron chi connectivity index (χ1n) is 8.03. The smallest absolute Gasteiger partial charge is 0.240 e. The number of ether oxygens (including phenoxy) is 1. The van der Waals surface area contributed by atoms with E-state index in [-0.39, 0.29) is 11.0 Å². The van der Waals surface area contributed by atoms with Crippen LogP contribution in [-0.4, -0.2) is 27.7 Å². The highest BCUT2D eigenvalue weighted by Gasteiger charge is 2.20. The molecule has 2 aromatic rings. The van der Waals surface area contributed by atoms with Crippen LogP contribution in [0.1, 0.15) is 18.4 Å². The van der Waals surface area contributed by atoms with Crippen molar-refractivity contribution in [2.45, 2.75) is 30.8 Å². The molecule has 1 saturated heterocycles. The van der Waals surface area contributed by atoms with E-state index in [1.165, 1.54) is 0 Å². The van der Waals surface area contributed by atoms with Gasteiger partial charge >= 0.3 is 0 Å². The van der Waals surface area contributed by atoms with Crippen LogP contribution in [0.15, 0.2) is 47.4 Å². The SMILES string of the molecule is Cc1ccc(N)cc1-c1ccc(S(=O)(=O)NCC2CCCO2)cc1. The number of aryl methyl sites for hydroxylation is 1. The van der Waals surface area contributed by atoms with Gasteiger partial charge in [0.1, 0.15) is 0 Å². The maximum Gasteiger partial charge on any atom is 0.240 e. The number of hydrogen-bond acceptors (Lipinski definition) is 4. The third kappa shape index (κ3) is 3.77. The van der Waals surface area contributed by atoms with Gasteiger partial charge in [0, 0.05) is 18.8 Å². The molecule has 0 bridgehead atoms. The number of benzene rings is 2. The first-order chi connectivity index (χ1) is 11.5. The molecular weight excluding hydrogens is 324 g/mol. The molecule has 6 heteroatoms. The topological polar surface area (TPSA) is 81.4 Å². The fraction of sp³-hybridized carbons (Fsp3) is 0.333. The molecule has 1 heterocycles. The molecular formula is C18H22N2O3S. The van der Waals surface area contributed by atoms with E-state index in [9.17, 15) is 8.42 Å². The van der Waals surface area contributed by atoms with Gasteiger partial charge in [0.15, 0.2) is 0 Å². The minimum Gasteiger partial charge on any atom is -0.399 e. The zero-order valence-electron chi connectivity index (χ0n) is 13.7. The molecule has 3 rings (SSSR count). The van der Waals surface area contributed by atoms with Gasteiger partial charge in [0.2, 0.25) is 10.0 Å². The van der Waals surface area contributed by atoms with Gasteiger partial charge in [-0.15, -0.1) is 0 Å². The lowest BCUT2D eigenvalue weighted by Crippen LogP contribution is -2.31. The predicted molar refractivity (Wildman–Crippen MR) is 95.2 cm³/mol. The molecule has 0 radical (unpaired) electrons. The summed E-state index contributed by atoms with van der Waals surface area (Å²) in [6, 6.07) is 12.6. The second-order valence-electron chi connectivity index (χ2n) is 6.09. The van der Waals surface area contributed by atoms with Crippen molar-refractivity contribution in [1.29, 1.82) is 0 Å². The zero-order chi connectivity index (χ0) is 17.2. The van der Waals surface area contributed by atoms with E-state index >= 15 is 0 Å². The summed E-state index contributed by atoms with van der Waals surface area (Å²) in [5, 5.41) is 0. The summed E-state index contributed by atoms with van der Waals surface area (Å²) in [5.41, 5.74) is 9.57. The summed E-state index contributed by atoms with van der Waals surface area (Å²) in [4.78, 5) is 0.255. The molecule has 1 unspecified atom stereocenters. The van der Waals surface area contributed by atoms with Gasteiger partial charge in [-0.1, -0.05) is 18.2 Å². The quantitative estimate of drug-likeness (QED) is 0.816. The Bertz CT molecular complexity index is 811. The van der Waals surface area contributed by atoms with Crippen LogP contribution < -0.4 is 10.5 Å². The minimum atomic E-state index is -3.52. The second kappa shape index (κ2) is 6.93. The van der Waals surface area contributed by atoms with Crippen molar-refractivity contribution in [2.75, 3.05) is 18.9 Å². The summed E-state index contributed by atoms with van der Waals surface area (Å²) in [6.07, 6.45) is 1.87. The molecule has 0 spiro atoms. The largest absolute Gasteiger partial charge is 0.399 e. The van der Waals surface area contributed by atoms with Crippen molar-refractivity contribution in [3.05, 3.63) is 48.0 Å². The maximum absolute atomic E-state index is 12.4. The summed E-state index contributed by atoms with van der Waals surface area (Å²) in [6.45, 7) is 3.03. The van der Waals surface area contributed by atoms with E-state index in [1.54, 1.807) is 12.1 Å². The first-order valence-corrected chi connectivity index (χ1v) is 9.52. The Kier molecular flexibility index (Phi) is 4.89. The summed E-state index contributed by atoms with van der Waals surface area (Å²) >= 11 is 0. The van der Waals surface area contributed by atoms with Gasteiger partial charge in [-0.2, -0.15) is 0 Å². The van der Waals surface area contributed by atoms with Gasteiger partial charge in [0.05, 0.1) is 11.0 Å².